The second kappa shape index (κ2) is 7.32. The molecule has 134 valence electrons. The van der Waals surface area contributed by atoms with Crippen LogP contribution in [0.2, 0.25) is 0 Å². The van der Waals surface area contributed by atoms with Crippen molar-refractivity contribution in [3.05, 3.63) is 42.4 Å². The number of hydrogen-bond donors (Lipinski definition) is 1. The molecule has 8 nitrogen and oxygen atoms in total. The number of pyridine rings is 1. The van der Waals surface area contributed by atoms with E-state index in [-0.39, 0.29) is 11.8 Å². The fourth-order valence-electron chi connectivity index (χ4n) is 2.88. The lowest BCUT2D eigenvalue weighted by atomic mass is 9.97. The van der Waals surface area contributed by atoms with Crippen LogP contribution in [0, 0.1) is 5.92 Å². The van der Waals surface area contributed by atoms with E-state index in [4.69, 9.17) is 0 Å². The molecule has 2 aromatic heterocycles. The first-order chi connectivity index (χ1) is 11.9. The predicted octanol–water partition coefficient (Wildman–Crippen LogP) is 0.555. The second-order valence-electron chi connectivity index (χ2n) is 6.13. The van der Waals surface area contributed by atoms with Gasteiger partial charge in [0.25, 0.3) is 0 Å². The standard InChI is InChI=1S/C16H21N5O3S/c1-25(23,24)20-9-4-14(5-10-20)16(22)18-12-13-3-7-17-15(11-13)21-8-2-6-19-21/h2-3,6-8,11,14H,4-5,9-10,12H2,1H3,(H,18,22). The van der Waals surface area contributed by atoms with E-state index in [1.165, 1.54) is 10.6 Å². The van der Waals surface area contributed by atoms with Crippen molar-refractivity contribution in [3.8, 4) is 5.82 Å². The van der Waals surface area contributed by atoms with Crippen LogP contribution in [0.3, 0.4) is 0 Å². The van der Waals surface area contributed by atoms with Crippen molar-refractivity contribution < 1.29 is 13.2 Å². The van der Waals surface area contributed by atoms with Crippen molar-refractivity contribution >= 4 is 15.9 Å². The lowest BCUT2D eigenvalue weighted by Crippen LogP contribution is -2.42. The second-order valence-corrected chi connectivity index (χ2v) is 8.11. The smallest absolute Gasteiger partial charge is 0.223 e. The van der Waals surface area contributed by atoms with Gasteiger partial charge in [0.2, 0.25) is 15.9 Å². The Balaban J connectivity index is 1.54. The van der Waals surface area contributed by atoms with Crippen molar-refractivity contribution in [2.45, 2.75) is 19.4 Å². The number of hydrogen-bond acceptors (Lipinski definition) is 5. The third-order valence-corrected chi connectivity index (χ3v) is 5.61. The number of nitrogens with zero attached hydrogens (tertiary/aromatic N) is 4. The molecule has 0 aliphatic carbocycles. The Hall–Kier alpha value is -2.26. The Labute approximate surface area is 146 Å². The largest absolute Gasteiger partial charge is 0.352 e. The molecule has 1 aliphatic rings. The highest BCUT2D eigenvalue weighted by Crippen LogP contribution is 2.19. The van der Waals surface area contributed by atoms with Gasteiger partial charge in [-0.05, 0) is 36.6 Å². The minimum atomic E-state index is -3.17. The zero-order valence-corrected chi connectivity index (χ0v) is 14.8. The van der Waals surface area contributed by atoms with E-state index in [1.807, 2.05) is 18.2 Å². The van der Waals surface area contributed by atoms with Gasteiger partial charge in [-0.3, -0.25) is 4.79 Å². The maximum atomic E-state index is 12.3. The van der Waals surface area contributed by atoms with Gasteiger partial charge in [0, 0.05) is 44.1 Å². The van der Waals surface area contributed by atoms with Crippen molar-refractivity contribution in [1.82, 2.24) is 24.4 Å². The van der Waals surface area contributed by atoms with E-state index in [9.17, 15) is 13.2 Å². The molecule has 0 unspecified atom stereocenters. The maximum Gasteiger partial charge on any atom is 0.223 e. The number of sulfonamides is 1. The molecule has 0 spiro atoms. The van der Waals surface area contributed by atoms with E-state index in [2.05, 4.69) is 15.4 Å². The monoisotopic (exact) mass is 363 g/mol. The fraction of sp³-hybridized carbons (Fsp3) is 0.438. The summed E-state index contributed by atoms with van der Waals surface area (Å²) in [6.45, 7) is 1.20. The van der Waals surface area contributed by atoms with Crippen molar-refractivity contribution in [2.75, 3.05) is 19.3 Å². The summed E-state index contributed by atoms with van der Waals surface area (Å²) in [4.78, 5) is 16.6. The molecule has 0 bridgehead atoms. The molecule has 3 rings (SSSR count). The summed E-state index contributed by atoms with van der Waals surface area (Å²) >= 11 is 0. The highest BCUT2D eigenvalue weighted by Gasteiger charge is 2.28. The van der Waals surface area contributed by atoms with E-state index < -0.39 is 10.0 Å². The van der Waals surface area contributed by atoms with Crippen LogP contribution in [0.1, 0.15) is 18.4 Å². The molecule has 1 N–H and O–H groups in total. The van der Waals surface area contributed by atoms with Crippen LogP contribution in [-0.2, 0) is 21.4 Å². The molecule has 0 atom stereocenters. The molecule has 0 saturated carbocycles. The summed E-state index contributed by atoms with van der Waals surface area (Å²) in [5.41, 5.74) is 0.933. The molecule has 1 amide bonds. The Morgan fingerprint density at radius 1 is 1.32 bits per heavy atom. The van der Waals surface area contributed by atoms with Crippen molar-refractivity contribution in [1.29, 1.82) is 0 Å². The third-order valence-electron chi connectivity index (χ3n) is 4.31. The summed E-state index contributed by atoms with van der Waals surface area (Å²) in [6.07, 6.45) is 7.47. The first-order valence-corrected chi connectivity index (χ1v) is 9.96. The topological polar surface area (TPSA) is 97.2 Å². The number of nitrogens with one attached hydrogen (secondary N) is 1. The number of rotatable bonds is 5. The number of carbonyl (C=O) groups is 1. The van der Waals surface area contributed by atoms with Crippen LogP contribution in [-0.4, -0.2) is 52.7 Å². The summed E-state index contributed by atoms with van der Waals surface area (Å²) in [6, 6.07) is 5.54. The summed E-state index contributed by atoms with van der Waals surface area (Å²) in [5.74, 6) is 0.509. The lowest BCUT2D eigenvalue weighted by Gasteiger charge is -2.29. The summed E-state index contributed by atoms with van der Waals surface area (Å²) in [7, 11) is -3.17. The highest BCUT2D eigenvalue weighted by molar-refractivity contribution is 7.88. The minimum Gasteiger partial charge on any atom is -0.352 e. The normalized spacial score (nSPS) is 16.7. The lowest BCUT2D eigenvalue weighted by molar-refractivity contribution is -0.126. The number of carbonyl (C=O) groups excluding carboxylic acids is 1. The third kappa shape index (κ3) is 4.43. The van der Waals surface area contributed by atoms with Gasteiger partial charge in [0.1, 0.15) is 0 Å². The van der Waals surface area contributed by atoms with Gasteiger partial charge >= 0.3 is 0 Å². The van der Waals surface area contributed by atoms with Gasteiger partial charge in [0.05, 0.1) is 6.26 Å². The van der Waals surface area contributed by atoms with Crippen LogP contribution >= 0.6 is 0 Å². The SMILES string of the molecule is CS(=O)(=O)N1CCC(C(=O)NCc2ccnc(-n3cccn3)c2)CC1. The number of amides is 1. The average molecular weight is 363 g/mol. The Morgan fingerprint density at radius 3 is 2.72 bits per heavy atom. The zero-order chi connectivity index (χ0) is 17.9. The molecule has 1 fully saturated rings. The van der Waals surface area contributed by atoms with E-state index in [1.54, 1.807) is 23.3 Å². The fourth-order valence-corrected chi connectivity index (χ4v) is 3.76. The molecule has 0 aromatic carbocycles. The molecule has 25 heavy (non-hydrogen) atoms. The Kier molecular flexibility index (Phi) is 5.14. The van der Waals surface area contributed by atoms with Crippen LogP contribution in [0.15, 0.2) is 36.8 Å². The molecular weight excluding hydrogens is 342 g/mol. The quantitative estimate of drug-likeness (QED) is 0.837. The van der Waals surface area contributed by atoms with Gasteiger partial charge in [-0.15, -0.1) is 0 Å². The summed E-state index contributed by atoms with van der Waals surface area (Å²) in [5, 5.41) is 7.07. The average Bonchev–Trinajstić information content (AvgIpc) is 3.14. The van der Waals surface area contributed by atoms with Crippen LogP contribution in [0.4, 0.5) is 0 Å². The first-order valence-electron chi connectivity index (χ1n) is 8.11. The number of piperidine rings is 1. The van der Waals surface area contributed by atoms with Crippen molar-refractivity contribution in [2.24, 2.45) is 5.92 Å². The molecule has 3 heterocycles. The molecule has 2 aromatic rings. The first kappa shape index (κ1) is 17.6. The minimum absolute atomic E-state index is 0.0365. The zero-order valence-electron chi connectivity index (χ0n) is 14.0. The molecule has 9 heteroatoms. The Morgan fingerprint density at radius 2 is 2.08 bits per heavy atom. The Bertz CT molecular complexity index is 827. The predicted molar refractivity (Wildman–Crippen MR) is 92.3 cm³/mol. The molecule has 1 saturated heterocycles. The van der Waals surface area contributed by atoms with E-state index in [0.717, 1.165) is 5.56 Å². The van der Waals surface area contributed by atoms with E-state index >= 15 is 0 Å². The van der Waals surface area contributed by atoms with Crippen molar-refractivity contribution in [3.63, 3.8) is 0 Å². The van der Waals surface area contributed by atoms with Gasteiger partial charge in [-0.1, -0.05) is 0 Å². The number of aromatic nitrogens is 3. The van der Waals surface area contributed by atoms with Gasteiger partial charge in [-0.25, -0.2) is 22.4 Å². The van der Waals surface area contributed by atoms with Gasteiger partial charge < -0.3 is 5.32 Å². The summed E-state index contributed by atoms with van der Waals surface area (Å²) < 4.78 is 26.1. The molecule has 0 radical (unpaired) electrons. The van der Waals surface area contributed by atoms with E-state index in [0.29, 0.717) is 38.3 Å². The molecule has 1 aliphatic heterocycles. The highest BCUT2D eigenvalue weighted by atomic mass is 32.2. The van der Waals surface area contributed by atoms with Crippen LogP contribution in [0.25, 0.3) is 5.82 Å². The van der Waals surface area contributed by atoms with Crippen LogP contribution < -0.4 is 5.32 Å². The van der Waals surface area contributed by atoms with Gasteiger partial charge in [-0.2, -0.15) is 5.10 Å². The van der Waals surface area contributed by atoms with Crippen LogP contribution in [0.5, 0.6) is 0 Å². The maximum absolute atomic E-state index is 12.3. The van der Waals surface area contributed by atoms with Gasteiger partial charge in [0.15, 0.2) is 5.82 Å². The molecular formula is C16H21N5O3S.